The zero-order chi connectivity index (χ0) is 27.9. The number of benzene rings is 1. The van der Waals surface area contributed by atoms with E-state index in [1.165, 1.54) is 6.07 Å². The number of hydrogen-bond acceptors (Lipinski definition) is 8. The molecule has 2 aromatic heterocycles. The first-order chi connectivity index (χ1) is 19.2. The Morgan fingerprint density at radius 1 is 1.25 bits per heavy atom. The van der Waals surface area contributed by atoms with Crippen LogP contribution in [0.5, 0.6) is 0 Å². The van der Waals surface area contributed by atoms with Crippen LogP contribution in [0, 0.1) is 12.7 Å². The fourth-order valence-electron chi connectivity index (χ4n) is 6.60. The largest absolute Gasteiger partial charge is 0.458 e. The van der Waals surface area contributed by atoms with Crippen LogP contribution in [-0.4, -0.2) is 52.5 Å². The van der Waals surface area contributed by atoms with Gasteiger partial charge < -0.3 is 29.2 Å². The molecule has 3 aromatic rings. The third kappa shape index (κ3) is 3.44. The second kappa shape index (κ2) is 8.92. The molecule has 1 aromatic carbocycles. The molecule has 0 spiro atoms. The number of nitrogens with zero attached hydrogens (tertiary/aromatic N) is 2. The van der Waals surface area contributed by atoms with Gasteiger partial charge in [-0.2, -0.15) is 0 Å². The number of aliphatic hydroxyl groups is 1. The lowest BCUT2D eigenvalue weighted by molar-refractivity contribution is -0.172. The minimum Gasteiger partial charge on any atom is -0.458 e. The Balaban J connectivity index is 1.44. The number of cyclic esters (lactones) is 1. The summed E-state index contributed by atoms with van der Waals surface area (Å²) in [6.07, 6.45) is 0.373. The third-order valence-electron chi connectivity index (χ3n) is 8.80. The minimum atomic E-state index is -1.95. The molecule has 1 fully saturated rings. The van der Waals surface area contributed by atoms with E-state index in [2.05, 4.69) is 5.32 Å². The number of amides is 1. The highest BCUT2D eigenvalue weighted by Gasteiger charge is 2.46. The van der Waals surface area contributed by atoms with Crippen molar-refractivity contribution in [2.24, 2.45) is 0 Å². The van der Waals surface area contributed by atoms with Gasteiger partial charge in [0, 0.05) is 22.6 Å². The van der Waals surface area contributed by atoms with Gasteiger partial charge in [0.2, 0.25) is 0 Å². The number of nitrogens with one attached hydrogen (secondary N) is 1. The summed E-state index contributed by atoms with van der Waals surface area (Å²) in [7, 11) is 0. The predicted molar refractivity (Wildman–Crippen MR) is 139 cm³/mol. The third-order valence-corrected chi connectivity index (χ3v) is 8.80. The Kier molecular flexibility index (Phi) is 5.64. The molecule has 0 radical (unpaired) electrons. The quantitative estimate of drug-likeness (QED) is 0.372. The van der Waals surface area contributed by atoms with Gasteiger partial charge in [-0.1, -0.05) is 6.92 Å². The first-order valence-electron chi connectivity index (χ1n) is 13.5. The summed E-state index contributed by atoms with van der Waals surface area (Å²) in [5, 5.41) is 15.1. The van der Waals surface area contributed by atoms with E-state index < -0.39 is 23.7 Å². The van der Waals surface area contributed by atoms with E-state index in [-0.39, 0.29) is 54.6 Å². The first kappa shape index (κ1) is 25.3. The molecule has 2 N–H and O–H groups in total. The average Bonchev–Trinajstić information content (AvgIpc) is 3.33. The molecule has 7 rings (SSSR count). The van der Waals surface area contributed by atoms with E-state index in [9.17, 15) is 19.5 Å². The Morgan fingerprint density at radius 3 is 2.83 bits per heavy atom. The summed E-state index contributed by atoms with van der Waals surface area (Å²) in [6.45, 7) is 4.26. The minimum absolute atomic E-state index is 0.0277. The zero-order valence-electron chi connectivity index (χ0n) is 22.1. The Bertz CT molecular complexity index is 1690. The van der Waals surface area contributed by atoms with E-state index in [1.807, 2.05) is 0 Å². The standard InChI is InChI=1S/C29H28FN3O7/c1-3-29(37)17-8-21-25-15(10-33(21)27(35)16(17)11-40-28(29)36)24-19(32-26(34)22-12-38-6-7-39-22)5-4-14-13(2)18(30)9-20(31-25)23(14)24/h8-9,19,22,37H,3-7,10-12H2,1-2H3,(H,32,34)/t19-,22?,29-/m0/s1. The summed E-state index contributed by atoms with van der Waals surface area (Å²) in [4.78, 5) is 44.3. The molecule has 10 nitrogen and oxygen atoms in total. The topological polar surface area (TPSA) is 129 Å². The second-order valence-electron chi connectivity index (χ2n) is 10.8. The number of aryl methyl sites for hydroxylation is 1. The van der Waals surface area contributed by atoms with Crippen molar-refractivity contribution in [1.82, 2.24) is 14.9 Å². The molecular weight excluding hydrogens is 521 g/mol. The van der Waals surface area contributed by atoms with Crippen LogP contribution in [-0.2, 0) is 49.0 Å². The molecule has 0 bridgehead atoms. The van der Waals surface area contributed by atoms with E-state index in [0.717, 1.165) is 22.1 Å². The van der Waals surface area contributed by atoms with E-state index in [1.54, 1.807) is 24.5 Å². The van der Waals surface area contributed by atoms with Crippen molar-refractivity contribution in [1.29, 1.82) is 0 Å². The SMILES string of the molecule is CC[C@@]1(O)C(=O)OCc2c1cc1n(c2=O)Cc2c-1nc1cc(F)c(C)c3c1c2[C@@H](NC(=O)C1COCCO1)CC3. The van der Waals surface area contributed by atoms with Crippen molar-refractivity contribution >= 4 is 22.8 Å². The maximum absolute atomic E-state index is 15.0. The number of carbonyl (C=O) groups is 2. The van der Waals surface area contributed by atoms with Gasteiger partial charge in [-0.15, -0.1) is 0 Å². The highest BCUT2D eigenvalue weighted by atomic mass is 19.1. The number of rotatable bonds is 3. The van der Waals surface area contributed by atoms with Gasteiger partial charge in [-0.05, 0) is 48.9 Å². The van der Waals surface area contributed by atoms with Crippen LogP contribution >= 0.6 is 0 Å². The molecule has 40 heavy (non-hydrogen) atoms. The molecule has 11 heteroatoms. The van der Waals surface area contributed by atoms with Crippen LogP contribution in [0.3, 0.4) is 0 Å². The summed E-state index contributed by atoms with van der Waals surface area (Å²) < 4.78 is 32.8. The Morgan fingerprint density at radius 2 is 2.08 bits per heavy atom. The molecule has 208 valence electrons. The highest BCUT2D eigenvalue weighted by molar-refractivity contribution is 5.94. The van der Waals surface area contributed by atoms with E-state index in [4.69, 9.17) is 19.2 Å². The summed E-state index contributed by atoms with van der Waals surface area (Å²) in [5.41, 5.74) is 2.34. The molecule has 5 heterocycles. The lowest BCUT2D eigenvalue weighted by Crippen LogP contribution is -2.44. The molecule has 1 amide bonds. The average molecular weight is 550 g/mol. The number of aromatic nitrogens is 2. The monoisotopic (exact) mass is 549 g/mol. The van der Waals surface area contributed by atoms with Crippen LogP contribution in [0.1, 0.15) is 59.2 Å². The molecule has 4 aliphatic rings. The number of fused-ring (bicyclic) bond motifs is 5. The lowest BCUT2D eigenvalue weighted by Gasteiger charge is -2.31. The summed E-state index contributed by atoms with van der Waals surface area (Å²) >= 11 is 0. The zero-order valence-corrected chi connectivity index (χ0v) is 22.1. The van der Waals surface area contributed by atoms with Crippen LogP contribution < -0.4 is 10.9 Å². The summed E-state index contributed by atoms with van der Waals surface area (Å²) in [6, 6.07) is 2.60. The van der Waals surface area contributed by atoms with Crippen LogP contribution in [0.2, 0.25) is 0 Å². The van der Waals surface area contributed by atoms with Gasteiger partial charge in [0.1, 0.15) is 12.4 Å². The second-order valence-corrected chi connectivity index (χ2v) is 10.8. The van der Waals surface area contributed by atoms with Gasteiger partial charge in [-0.3, -0.25) is 9.59 Å². The maximum Gasteiger partial charge on any atom is 0.343 e. The molecule has 1 aliphatic carbocycles. The fraction of sp³-hybridized carbons (Fsp3) is 0.448. The molecule has 3 aliphatic heterocycles. The number of pyridine rings is 2. The van der Waals surface area contributed by atoms with Crippen LogP contribution in [0.15, 0.2) is 16.9 Å². The lowest BCUT2D eigenvalue weighted by atomic mass is 9.81. The van der Waals surface area contributed by atoms with Crippen molar-refractivity contribution in [2.75, 3.05) is 19.8 Å². The maximum atomic E-state index is 15.0. The number of carbonyl (C=O) groups excluding carboxylic acids is 2. The van der Waals surface area contributed by atoms with Gasteiger partial charge in [0.15, 0.2) is 11.7 Å². The molecular formula is C29H28FN3O7. The molecule has 3 atom stereocenters. The number of halogens is 1. The fourth-order valence-corrected chi connectivity index (χ4v) is 6.60. The van der Waals surface area contributed by atoms with E-state index in [0.29, 0.717) is 48.5 Å². The number of hydrogen-bond donors (Lipinski definition) is 2. The van der Waals surface area contributed by atoms with Crippen LogP contribution in [0.4, 0.5) is 4.39 Å². The van der Waals surface area contributed by atoms with E-state index >= 15 is 4.39 Å². The normalized spacial score (nSPS) is 24.8. The summed E-state index contributed by atoms with van der Waals surface area (Å²) in [5.74, 6) is -1.47. The van der Waals surface area contributed by atoms with Crippen molar-refractivity contribution in [3.8, 4) is 11.4 Å². The molecule has 0 saturated carbocycles. The highest BCUT2D eigenvalue weighted by Crippen LogP contribution is 2.46. The van der Waals surface area contributed by atoms with Gasteiger partial charge in [0.25, 0.3) is 11.5 Å². The van der Waals surface area contributed by atoms with Crippen molar-refractivity contribution in [2.45, 2.75) is 64.0 Å². The van der Waals surface area contributed by atoms with Crippen molar-refractivity contribution in [3.05, 3.63) is 61.7 Å². The number of ether oxygens (including phenoxy) is 3. The first-order valence-corrected chi connectivity index (χ1v) is 13.5. The molecule has 1 saturated heterocycles. The smallest absolute Gasteiger partial charge is 0.343 e. The van der Waals surface area contributed by atoms with Gasteiger partial charge in [-0.25, -0.2) is 14.2 Å². The predicted octanol–water partition coefficient (Wildman–Crippen LogP) is 2.05. The van der Waals surface area contributed by atoms with Gasteiger partial charge in [0.05, 0.1) is 54.9 Å². The Labute approximate surface area is 228 Å². The van der Waals surface area contributed by atoms with Gasteiger partial charge >= 0.3 is 5.97 Å². The Hall–Kier alpha value is -3.67. The molecule has 1 unspecified atom stereocenters. The number of esters is 1. The van der Waals surface area contributed by atoms with Crippen molar-refractivity contribution in [3.63, 3.8) is 0 Å². The van der Waals surface area contributed by atoms with Crippen molar-refractivity contribution < 1.29 is 33.3 Å². The van der Waals surface area contributed by atoms with Crippen LogP contribution in [0.25, 0.3) is 22.3 Å².